The number of fused-ring (bicyclic) bond motifs is 3. The van der Waals surface area contributed by atoms with Gasteiger partial charge >= 0.3 is 0 Å². The van der Waals surface area contributed by atoms with Gasteiger partial charge in [0, 0.05) is 32.3 Å². The minimum atomic E-state index is -2.03. The number of hydrogen-bond donors (Lipinski definition) is 2. The topological polar surface area (TPSA) is 92.1 Å². The molecule has 1 amide bonds. The molecule has 7 nitrogen and oxygen atoms in total. The maximum atomic E-state index is 13.5. The second-order valence-corrected chi connectivity index (χ2v) is 9.36. The van der Waals surface area contributed by atoms with E-state index in [9.17, 15) is 15.0 Å². The third-order valence-electron chi connectivity index (χ3n) is 6.99. The number of aromatic nitrogens is 1. The van der Waals surface area contributed by atoms with Crippen LogP contribution in [0.5, 0.6) is 11.5 Å². The number of amides is 1. The second-order valence-electron chi connectivity index (χ2n) is 8.92. The summed E-state index contributed by atoms with van der Waals surface area (Å²) in [5.74, 6) is -1.19. The largest absolute Gasteiger partial charge is 0.497 e. The van der Waals surface area contributed by atoms with Gasteiger partial charge in [-0.2, -0.15) is 0 Å². The molecule has 34 heavy (non-hydrogen) atoms. The van der Waals surface area contributed by atoms with Crippen molar-refractivity contribution in [1.29, 1.82) is 0 Å². The summed E-state index contributed by atoms with van der Waals surface area (Å²) >= 11 is 6.20. The molecule has 2 aromatic carbocycles. The van der Waals surface area contributed by atoms with Gasteiger partial charge in [0.05, 0.1) is 18.1 Å². The van der Waals surface area contributed by atoms with Gasteiger partial charge in [0.2, 0.25) is 5.91 Å². The van der Waals surface area contributed by atoms with Crippen LogP contribution in [0.2, 0.25) is 5.02 Å². The lowest BCUT2D eigenvalue weighted by Crippen LogP contribution is -2.52. The molecule has 3 aromatic rings. The highest BCUT2D eigenvalue weighted by atomic mass is 35.5. The van der Waals surface area contributed by atoms with E-state index < -0.39 is 29.1 Å². The number of aliphatic hydroxyl groups excluding tert-OH is 1. The molecule has 1 fully saturated rings. The van der Waals surface area contributed by atoms with E-state index in [4.69, 9.17) is 21.1 Å². The zero-order chi connectivity index (χ0) is 24.3. The molecule has 176 valence electrons. The Morgan fingerprint density at radius 2 is 1.82 bits per heavy atom. The van der Waals surface area contributed by atoms with Gasteiger partial charge in [-0.1, -0.05) is 54.1 Å². The number of ether oxygens (including phenoxy) is 2. The van der Waals surface area contributed by atoms with Gasteiger partial charge in [-0.05, 0) is 23.3 Å². The van der Waals surface area contributed by atoms with Gasteiger partial charge in [-0.3, -0.25) is 9.78 Å². The molecule has 2 N–H and O–H groups in total. The van der Waals surface area contributed by atoms with Crippen molar-refractivity contribution in [2.45, 2.75) is 23.2 Å². The Morgan fingerprint density at radius 3 is 2.44 bits per heavy atom. The van der Waals surface area contributed by atoms with Crippen molar-refractivity contribution in [3.63, 3.8) is 0 Å². The SMILES string of the molecule is COc1ccc(C23Oc4cc(Cl)cnc4C2(O)C(O)C(C(=O)N(C)C)C3c2ccccc2)cc1. The highest BCUT2D eigenvalue weighted by molar-refractivity contribution is 6.30. The van der Waals surface area contributed by atoms with E-state index in [2.05, 4.69) is 4.98 Å². The summed E-state index contributed by atoms with van der Waals surface area (Å²) in [6.45, 7) is 0. The third-order valence-corrected chi connectivity index (χ3v) is 7.19. The van der Waals surface area contributed by atoms with Crippen LogP contribution in [0.1, 0.15) is 22.7 Å². The molecular formula is C26H25ClN2O5. The summed E-state index contributed by atoms with van der Waals surface area (Å²) < 4.78 is 11.9. The molecule has 0 bridgehead atoms. The van der Waals surface area contributed by atoms with Crippen molar-refractivity contribution in [2.24, 2.45) is 5.92 Å². The molecule has 5 unspecified atom stereocenters. The fourth-order valence-corrected chi connectivity index (χ4v) is 5.69. The fourth-order valence-electron chi connectivity index (χ4n) is 5.54. The maximum absolute atomic E-state index is 13.5. The van der Waals surface area contributed by atoms with E-state index in [1.54, 1.807) is 51.5 Å². The first-order chi connectivity index (χ1) is 16.3. The number of carbonyl (C=O) groups excluding carboxylic acids is 1. The van der Waals surface area contributed by atoms with Crippen LogP contribution in [-0.4, -0.2) is 53.3 Å². The minimum absolute atomic E-state index is 0.148. The molecule has 0 spiro atoms. The molecule has 5 atom stereocenters. The van der Waals surface area contributed by atoms with Crippen LogP contribution in [-0.2, 0) is 16.0 Å². The number of rotatable bonds is 4. The van der Waals surface area contributed by atoms with Crippen LogP contribution in [0.15, 0.2) is 66.9 Å². The third kappa shape index (κ3) is 2.90. The zero-order valence-corrected chi connectivity index (χ0v) is 19.7. The number of methoxy groups -OCH3 is 1. The Morgan fingerprint density at radius 1 is 1.15 bits per heavy atom. The summed E-state index contributed by atoms with van der Waals surface area (Å²) in [5.41, 5.74) is -2.12. The van der Waals surface area contributed by atoms with Crippen LogP contribution in [0, 0.1) is 5.92 Å². The monoisotopic (exact) mass is 480 g/mol. The lowest BCUT2D eigenvalue weighted by molar-refractivity contribution is -0.157. The van der Waals surface area contributed by atoms with Crippen molar-refractivity contribution in [3.05, 3.63) is 88.7 Å². The number of carbonyl (C=O) groups is 1. The van der Waals surface area contributed by atoms with Crippen molar-refractivity contribution in [1.82, 2.24) is 9.88 Å². The van der Waals surface area contributed by atoms with Crippen LogP contribution in [0.25, 0.3) is 0 Å². The zero-order valence-electron chi connectivity index (χ0n) is 19.0. The van der Waals surface area contributed by atoms with E-state index in [1.165, 1.54) is 11.1 Å². The Bertz CT molecular complexity index is 1240. The summed E-state index contributed by atoms with van der Waals surface area (Å²) in [6, 6.07) is 18.0. The van der Waals surface area contributed by atoms with Crippen LogP contribution >= 0.6 is 11.6 Å². The Kier molecular flexibility index (Phi) is 5.31. The second kappa shape index (κ2) is 7.98. The number of hydrogen-bond acceptors (Lipinski definition) is 6. The van der Waals surface area contributed by atoms with Gasteiger partial charge in [-0.25, -0.2) is 0 Å². The molecule has 1 aromatic heterocycles. The Labute approximate surface area is 202 Å². The molecule has 1 saturated carbocycles. The number of pyridine rings is 1. The summed E-state index contributed by atoms with van der Waals surface area (Å²) in [5, 5.41) is 24.5. The van der Waals surface area contributed by atoms with Crippen molar-refractivity contribution in [3.8, 4) is 11.5 Å². The molecule has 0 saturated heterocycles. The molecule has 2 heterocycles. The number of nitrogens with zero attached hydrogens (tertiary/aromatic N) is 2. The van der Waals surface area contributed by atoms with Gasteiger partial charge in [0.1, 0.15) is 23.3 Å². The van der Waals surface area contributed by atoms with Crippen molar-refractivity contribution in [2.75, 3.05) is 21.2 Å². The average molecular weight is 481 g/mol. The molecule has 1 aliphatic carbocycles. The Hall–Kier alpha value is -3.13. The first kappa shape index (κ1) is 22.7. The standard InChI is InChI=1S/C26H25ClN2O5/c1-29(2)24(31)20-21(15-7-5-4-6-8-15)26(16-9-11-18(33-3)12-10-16)25(32,23(20)30)22-19(34-26)13-17(27)14-28-22/h4-14,20-21,23,30,32H,1-3H3. The van der Waals surface area contributed by atoms with Gasteiger partial charge in [0.25, 0.3) is 0 Å². The lowest BCUT2D eigenvalue weighted by atomic mass is 9.71. The molecule has 8 heteroatoms. The highest BCUT2D eigenvalue weighted by Crippen LogP contribution is 2.68. The van der Waals surface area contributed by atoms with Gasteiger partial charge < -0.3 is 24.6 Å². The molecule has 2 aliphatic rings. The quantitative estimate of drug-likeness (QED) is 0.596. The predicted molar refractivity (Wildman–Crippen MR) is 126 cm³/mol. The van der Waals surface area contributed by atoms with Crippen molar-refractivity contribution < 1.29 is 24.5 Å². The van der Waals surface area contributed by atoms with Crippen molar-refractivity contribution >= 4 is 17.5 Å². The normalized spacial score (nSPS) is 29.2. The van der Waals surface area contributed by atoms with E-state index >= 15 is 0 Å². The van der Waals surface area contributed by atoms with Crippen LogP contribution in [0.4, 0.5) is 0 Å². The summed E-state index contributed by atoms with van der Waals surface area (Å²) in [4.78, 5) is 19.3. The van der Waals surface area contributed by atoms with Crippen LogP contribution in [0.3, 0.4) is 0 Å². The van der Waals surface area contributed by atoms with Gasteiger partial charge in [-0.15, -0.1) is 0 Å². The first-order valence-corrected chi connectivity index (χ1v) is 11.3. The van der Waals surface area contributed by atoms with E-state index in [-0.39, 0.29) is 17.4 Å². The lowest BCUT2D eigenvalue weighted by Gasteiger charge is -2.40. The highest BCUT2D eigenvalue weighted by Gasteiger charge is 2.78. The Balaban J connectivity index is 1.85. The maximum Gasteiger partial charge on any atom is 0.228 e. The molecule has 5 rings (SSSR count). The molecule has 1 aliphatic heterocycles. The summed E-state index contributed by atoms with van der Waals surface area (Å²) in [7, 11) is 4.82. The van der Waals surface area contributed by atoms with E-state index in [0.717, 1.165) is 5.56 Å². The van der Waals surface area contributed by atoms with E-state index in [1.807, 2.05) is 30.3 Å². The number of halogens is 1. The average Bonchev–Trinajstić information content (AvgIpc) is 3.21. The molecule has 0 radical (unpaired) electrons. The van der Waals surface area contributed by atoms with Gasteiger partial charge in [0.15, 0.2) is 11.2 Å². The smallest absolute Gasteiger partial charge is 0.228 e. The summed E-state index contributed by atoms with van der Waals surface area (Å²) in [6.07, 6.45) is -0.110. The number of aliphatic hydroxyl groups is 2. The number of benzene rings is 2. The predicted octanol–water partition coefficient (Wildman–Crippen LogP) is 3.08. The first-order valence-electron chi connectivity index (χ1n) is 10.9. The minimum Gasteiger partial charge on any atom is -0.497 e. The molecular weight excluding hydrogens is 456 g/mol. The fraction of sp³-hybridized carbons (Fsp3) is 0.308. The van der Waals surface area contributed by atoms with Crippen LogP contribution < -0.4 is 9.47 Å². The van der Waals surface area contributed by atoms with E-state index in [0.29, 0.717) is 16.3 Å².